The predicted molar refractivity (Wildman–Crippen MR) is 115 cm³/mol. The summed E-state index contributed by atoms with van der Waals surface area (Å²) < 4.78 is 26.9. The van der Waals surface area contributed by atoms with Crippen molar-refractivity contribution in [3.8, 4) is 0 Å². The second kappa shape index (κ2) is 8.49. The Hall–Kier alpha value is -3.12. The van der Waals surface area contributed by atoms with Crippen LogP contribution >= 0.6 is 0 Å². The Kier molecular flexibility index (Phi) is 6.03. The van der Waals surface area contributed by atoms with Crippen molar-refractivity contribution in [3.05, 3.63) is 95.6 Å². The number of amides is 1. The van der Waals surface area contributed by atoms with E-state index < -0.39 is 10.0 Å². The van der Waals surface area contributed by atoms with E-state index in [9.17, 15) is 13.2 Å². The van der Waals surface area contributed by atoms with Gasteiger partial charge in [0, 0.05) is 26.2 Å². The summed E-state index contributed by atoms with van der Waals surface area (Å²) in [7, 11) is -0.476. The molecule has 0 unspecified atom stereocenters. The first kappa shape index (κ1) is 20.6. The fourth-order valence-electron chi connectivity index (χ4n) is 2.98. The van der Waals surface area contributed by atoms with Crippen LogP contribution in [0.15, 0.2) is 83.8 Å². The first-order chi connectivity index (χ1) is 13.8. The molecule has 3 aromatic rings. The molecule has 3 aromatic carbocycles. The molecule has 150 valence electrons. The van der Waals surface area contributed by atoms with Gasteiger partial charge in [0.2, 0.25) is 0 Å². The average Bonchev–Trinajstić information content (AvgIpc) is 2.75. The standard InChI is InChI=1S/C23H24N2O3S/c1-18-12-14-19(15-13-18)17-24(2)23(26)20-8-7-9-21(16-20)25(3)29(27,28)22-10-5-4-6-11-22/h4-16H,17H2,1-3H3. The minimum atomic E-state index is -3.70. The molecule has 0 heterocycles. The van der Waals surface area contributed by atoms with Crippen LogP contribution < -0.4 is 4.31 Å². The molecule has 0 saturated carbocycles. The molecule has 6 heteroatoms. The molecular formula is C23H24N2O3S. The van der Waals surface area contributed by atoms with Crippen LogP contribution in [0.2, 0.25) is 0 Å². The van der Waals surface area contributed by atoms with Crippen LogP contribution in [0.4, 0.5) is 5.69 Å². The van der Waals surface area contributed by atoms with E-state index >= 15 is 0 Å². The van der Waals surface area contributed by atoms with Gasteiger partial charge in [-0.05, 0) is 42.8 Å². The highest BCUT2D eigenvalue weighted by molar-refractivity contribution is 7.92. The number of sulfonamides is 1. The molecule has 0 radical (unpaired) electrons. The molecule has 3 rings (SSSR count). The fraction of sp³-hybridized carbons (Fsp3) is 0.174. The molecule has 0 aliphatic carbocycles. The summed E-state index contributed by atoms with van der Waals surface area (Å²) in [4.78, 5) is 14.7. The predicted octanol–water partition coefficient (Wildman–Crippen LogP) is 4.09. The van der Waals surface area contributed by atoms with Crippen molar-refractivity contribution in [1.82, 2.24) is 4.90 Å². The van der Waals surface area contributed by atoms with Crippen LogP contribution in [0.5, 0.6) is 0 Å². The van der Waals surface area contributed by atoms with Crippen LogP contribution in [0, 0.1) is 6.92 Å². The summed E-state index contributed by atoms with van der Waals surface area (Å²) in [6.45, 7) is 2.49. The van der Waals surface area contributed by atoms with Crippen molar-refractivity contribution >= 4 is 21.6 Å². The molecule has 29 heavy (non-hydrogen) atoms. The van der Waals surface area contributed by atoms with E-state index in [-0.39, 0.29) is 10.8 Å². The van der Waals surface area contributed by atoms with Gasteiger partial charge in [-0.2, -0.15) is 0 Å². The molecule has 0 spiro atoms. The monoisotopic (exact) mass is 408 g/mol. The third kappa shape index (κ3) is 4.66. The lowest BCUT2D eigenvalue weighted by Crippen LogP contribution is -2.28. The Labute approximate surface area is 172 Å². The Bertz CT molecular complexity index is 1090. The zero-order valence-corrected chi connectivity index (χ0v) is 17.6. The number of benzene rings is 3. The first-order valence-corrected chi connectivity index (χ1v) is 10.7. The Balaban J connectivity index is 1.81. The van der Waals surface area contributed by atoms with Gasteiger partial charge in [-0.1, -0.05) is 54.1 Å². The molecule has 0 atom stereocenters. The maximum absolute atomic E-state index is 12.9. The number of hydrogen-bond donors (Lipinski definition) is 0. The van der Waals surface area contributed by atoms with E-state index in [0.29, 0.717) is 17.8 Å². The van der Waals surface area contributed by atoms with E-state index in [1.165, 1.54) is 11.4 Å². The largest absolute Gasteiger partial charge is 0.337 e. The highest BCUT2D eigenvalue weighted by atomic mass is 32.2. The van der Waals surface area contributed by atoms with E-state index in [2.05, 4.69) is 0 Å². The molecular weight excluding hydrogens is 384 g/mol. The summed E-state index contributed by atoms with van der Waals surface area (Å²) in [5.74, 6) is -0.169. The highest BCUT2D eigenvalue weighted by Crippen LogP contribution is 2.23. The quantitative estimate of drug-likeness (QED) is 0.617. The van der Waals surface area contributed by atoms with Gasteiger partial charge in [0.25, 0.3) is 15.9 Å². The minimum absolute atomic E-state index is 0.169. The lowest BCUT2D eigenvalue weighted by atomic mass is 10.1. The fourth-order valence-corrected chi connectivity index (χ4v) is 4.19. The number of rotatable bonds is 6. The van der Waals surface area contributed by atoms with Crippen molar-refractivity contribution in [1.29, 1.82) is 0 Å². The molecule has 5 nitrogen and oxygen atoms in total. The van der Waals surface area contributed by atoms with Crippen molar-refractivity contribution in [2.24, 2.45) is 0 Å². The Morgan fingerprint density at radius 3 is 2.17 bits per heavy atom. The minimum Gasteiger partial charge on any atom is -0.337 e. The number of anilines is 1. The van der Waals surface area contributed by atoms with Gasteiger partial charge < -0.3 is 4.90 Å². The smallest absolute Gasteiger partial charge is 0.264 e. The van der Waals surface area contributed by atoms with Crippen LogP contribution in [-0.4, -0.2) is 33.3 Å². The maximum Gasteiger partial charge on any atom is 0.264 e. The van der Waals surface area contributed by atoms with Crippen molar-refractivity contribution in [3.63, 3.8) is 0 Å². The van der Waals surface area contributed by atoms with Gasteiger partial charge >= 0.3 is 0 Å². The van der Waals surface area contributed by atoms with Crippen LogP contribution in [0.1, 0.15) is 21.5 Å². The van der Waals surface area contributed by atoms with Crippen molar-refractivity contribution in [2.75, 3.05) is 18.4 Å². The van der Waals surface area contributed by atoms with E-state index in [0.717, 1.165) is 11.1 Å². The Morgan fingerprint density at radius 1 is 0.862 bits per heavy atom. The van der Waals surface area contributed by atoms with Gasteiger partial charge in [-0.25, -0.2) is 8.42 Å². The Morgan fingerprint density at radius 2 is 1.52 bits per heavy atom. The van der Waals surface area contributed by atoms with E-state index in [1.807, 2.05) is 31.2 Å². The second-order valence-electron chi connectivity index (χ2n) is 6.98. The lowest BCUT2D eigenvalue weighted by Gasteiger charge is -2.21. The van der Waals surface area contributed by atoms with Gasteiger partial charge in [-0.3, -0.25) is 9.10 Å². The topological polar surface area (TPSA) is 57.7 Å². The zero-order chi connectivity index (χ0) is 21.0. The molecule has 0 saturated heterocycles. The number of carbonyl (C=O) groups excluding carboxylic acids is 1. The van der Waals surface area contributed by atoms with Crippen LogP contribution in [0.3, 0.4) is 0 Å². The van der Waals surface area contributed by atoms with Gasteiger partial charge in [0.05, 0.1) is 10.6 Å². The number of aryl methyl sites for hydroxylation is 1. The molecule has 0 aliphatic rings. The summed E-state index contributed by atoms with van der Waals surface area (Å²) in [5, 5.41) is 0. The number of nitrogens with zero attached hydrogens (tertiary/aromatic N) is 2. The summed E-state index contributed by atoms with van der Waals surface area (Å²) in [5.41, 5.74) is 3.07. The van der Waals surface area contributed by atoms with Gasteiger partial charge in [0.15, 0.2) is 0 Å². The summed E-state index contributed by atoms with van der Waals surface area (Å²) >= 11 is 0. The summed E-state index contributed by atoms with van der Waals surface area (Å²) in [6, 6.07) is 22.9. The van der Waals surface area contributed by atoms with E-state index in [1.54, 1.807) is 66.5 Å². The van der Waals surface area contributed by atoms with Gasteiger partial charge in [-0.15, -0.1) is 0 Å². The number of carbonyl (C=O) groups is 1. The molecule has 0 fully saturated rings. The van der Waals surface area contributed by atoms with Crippen LogP contribution in [0.25, 0.3) is 0 Å². The SMILES string of the molecule is Cc1ccc(CN(C)C(=O)c2cccc(N(C)S(=O)(=O)c3ccccc3)c2)cc1. The van der Waals surface area contributed by atoms with Gasteiger partial charge in [0.1, 0.15) is 0 Å². The first-order valence-electron chi connectivity index (χ1n) is 9.24. The molecule has 0 aliphatic heterocycles. The molecule has 1 amide bonds. The lowest BCUT2D eigenvalue weighted by molar-refractivity contribution is 0.0785. The molecule has 0 N–H and O–H groups in total. The third-order valence-corrected chi connectivity index (χ3v) is 6.55. The maximum atomic E-state index is 12.9. The second-order valence-corrected chi connectivity index (χ2v) is 8.95. The normalized spacial score (nSPS) is 11.1. The summed E-state index contributed by atoms with van der Waals surface area (Å²) in [6.07, 6.45) is 0. The van der Waals surface area contributed by atoms with Crippen LogP contribution in [-0.2, 0) is 16.6 Å². The average molecular weight is 409 g/mol. The van der Waals surface area contributed by atoms with E-state index in [4.69, 9.17) is 0 Å². The van der Waals surface area contributed by atoms with Crippen molar-refractivity contribution in [2.45, 2.75) is 18.4 Å². The zero-order valence-electron chi connectivity index (χ0n) is 16.7. The molecule has 0 bridgehead atoms. The number of hydrogen-bond acceptors (Lipinski definition) is 3. The third-order valence-electron chi connectivity index (χ3n) is 4.75. The highest BCUT2D eigenvalue weighted by Gasteiger charge is 2.22. The van der Waals surface area contributed by atoms with Crippen molar-refractivity contribution < 1.29 is 13.2 Å². The molecule has 0 aromatic heterocycles.